The van der Waals surface area contributed by atoms with Crippen molar-refractivity contribution in [2.45, 2.75) is 13.8 Å². The van der Waals surface area contributed by atoms with E-state index in [9.17, 15) is 9.59 Å². The van der Waals surface area contributed by atoms with Gasteiger partial charge in [-0.25, -0.2) is 0 Å². The van der Waals surface area contributed by atoms with Crippen molar-refractivity contribution in [1.29, 1.82) is 0 Å². The maximum Gasteiger partial charge on any atom is 0.257 e. The quantitative estimate of drug-likeness (QED) is 0.436. The molecule has 0 saturated carbocycles. The number of ether oxygens (including phenoxy) is 1. The molecule has 1 aliphatic heterocycles. The zero-order valence-electron chi connectivity index (χ0n) is 14.5. The second-order valence-corrected chi connectivity index (χ2v) is 5.84. The van der Waals surface area contributed by atoms with Gasteiger partial charge in [-0.1, -0.05) is 24.3 Å². The van der Waals surface area contributed by atoms with Gasteiger partial charge in [-0.05, 0) is 55.1 Å². The van der Waals surface area contributed by atoms with E-state index in [4.69, 9.17) is 4.74 Å². The third-order valence-corrected chi connectivity index (χ3v) is 3.94. The standard InChI is InChI=1S/C19H23NO3S/c1-5-6-7-15(10-14(2)12-21)16-8-9-17(23-13-16)11-18(24-4)19(22)20-3/h5-12H,13H2,1-4H3,(H,20,22)/b6-5-,14-10+,15-7+,18-11-. The Kier molecular flexibility index (Phi) is 8.65. The van der Waals surface area contributed by atoms with Crippen LogP contribution in [0.4, 0.5) is 0 Å². The Morgan fingerprint density at radius 2 is 2.12 bits per heavy atom. The molecule has 1 heterocycles. The lowest BCUT2D eigenvalue weighted by molar-refractivity contribution is -0.116. The number of likely N-dealkylation sites (N-methyl/N-ethyl adjacent to an activating group) is 1. The number of nitrogens with one attached hydrogen (secondary N) is 1. The molecule has 0 unspecified atom stereocenters. The second kappa shape index (κ2) is 10.5. The van der Waals surface area contributed by atoms with E-state index in [1.807, 2.05) is 49.6 Å². The molecule has 0 aromatic carbocycles. The van der Waals surface area contributed by atoms with Crippen LogP contribution in [0, 0.1) is 0 Å². The van der Waals surface area contributed by atoms with Crippen LogP contribution in [0.3, 0.4) is 0 Å². The van der Waals surface area contributed by atoms with Gasteiger partial charge in [-0.15, -0.1) is 11.8 Å². The molecule has 1 aliphatic rings. The van der Waals surface area contributed by atoms with E-state index in [-0.39, 0.29) is 5.91 Å². The van der Waals surface area contributed by atoms with Gasteiger partial charge in [0.25, 0.3) is 5.91 Å². The minimum Gasteiger partial charge on any atom is -0.489 e. The van der Waals surface area contributed by atoms with Gasteiger partial charge >= 0.3 is 0 Å². The molecule has 5 heteroatoms. The van der Waals surface area contributed by atoms with Crippen molar-refractivity contribution in [1.82, 2.24) is 5.32 Å². The first kappa shape index (κ1) is 19.8. The van der Waals surface area contributed by atoms with Crippen molar-refractivity contribution in [3.63, 3.8) is 0 Å². The fourth-order valence-corrected chi connectivity index (χ4v) is 2.43. The molecule has 0 aliphatic carbocycles. The number of hydrogen-bond acceptors (Lipinski definition) is 4. The third-order valence-electron chi connectivity index (χ3n) is 3.20. The van der Waals surface area contributed by atoms with Crippen molar-refractivity contribution in [3.8, 4) is 0 Å². The maximum atomic E-state index is 11.7. The number of thioether (sulfide) groups is 1. The summed E-state index contributed by atoms with van der Waals surface area (Å²) in [6.45, 7) is 4.07. The Morgan fingerprint density at radius 3 is 2.62 bits per heavy atom. The van der Waals surface area contributed by atoms with Crippen LogP contribution < -0.4 is 5.32 Å². The monoisotopic (exact) mass is 345 g/mol. The van der Waals surface area contributed by atoms with E-state index in [2.05, 4.69) is 5.32 Å². The van der Waals surface area contributed by atoms with Gasteiger partial charge in [-0.2, -0.15) is 0 Å². The van der Waals surface area contributed by atoms with Crippen LogP contribution in [0.1, 0.15) is 13.8 Å². The fraction of sp³-hybridized carbons (Fsp3) is 0.263. The Labute approximate surface area is 147 Å². The summed E-state index contributed by atoms with van der Waals surface area (Å²) < 4.78 is 5.73. The number of aldehydes is 1. The molecule has 0 aromatic heterocycles. The fourth-order valence-electron chi connectivity index (χ4n) is 1.91. The average molecular weight is 345 g/mol. The van der Waals surface area contributed by atoms with Gasteiger partial charge in [-0.3, -0.25) is 9.59 Å². The molecule has 0 atom stereocenters. The van der Waals surface area contributed by atoms with Crippen molar-refractivity contribution >= 4 is 24.0 Å². The summed E-state index contributed by atoms with van der Waals surface area (Å²) in [6, 6.07) is 0. The molecule has 1 amide bonds. The van der Waals surface area contributed by atoms with E-state index in [1.165, 1.54) is 11.8 Å². The molecule has 0 bridgehead atoms. The molecule has 0 aromatic rings. The van der Waals surface area contributed by atoms with Crippen LogP contribution in [-0.4, -0.2) is 32.1 Å². The largest absolute Gasteiger partial charge is 0.489 e. The predicted octanol–water partition coefficient (Wildman–Crippen LogP) is 3.47. The van der Waals surface area contributed by atoms with Crippen LogP contribution in [0.15, 0.2) is 69.9 Å². The highest BCUT2D eigenvalue weighted by Crippen LogP contribution is 2.23. The van der Waals surface area contributed by atoms with Gasteiger partial charge in [0.05, 0.1) is 4.91 Å². The highest BCUT2D eigenvalue weighted by molar-refractivity contribution is 8.03. The van der Waals surface area contributed by atoms with E-state index in [1.54, 1.807) is 20.0 Å². The first-order chi connectivity index (χ1) is 11.5. The van der Waals surface area contributed by atoms with E-state index < -0.39 is 0 Å². The lowest BCUT2D eigenvalue weighted by atomic mass is 10.0. The van der Waals surface area contributed by atoms with Crippen molar-refractivity contribution in [2.24, 2.45) is 0 Å². The molecular weight excluding hydrogens is 322 g/mol. The summed E-state index contributed by atoms with van der Waals surface area (Å²) in [5.41, 5.74) is 2.54. The number of amides is 1. The first-order valence-electron chi connectivity index (χ1n) is 7.54. The molecule has 0 radical (unpaired) electrons. The summed E-state index contributed by atoms with van der Waals surface area (Å²) >= 11 is 1.36. The van der Waals surface area contributed by atoms with Crippen molar-refractivity contribution < 1.29 is 14.3 Å². The van der Waals surface area contributed by atoms with E-state index in [0.717, 1.165) is 17.4 Å². The second-order valence-electron chi connectivity index (χ2n) is 5.00. The number of rotatable bonds is 7. The van der Waals surface area contributed by atoms with Gasteiger partial charge in [0, 0.05) is 7.05 Å². The van der Waals surface area contributed by atoms with Crippen LogP contribution in [0.5, 0.6) is 0 Å². The van der Waals surface area contributed by atoms with Crippen LogP contribution in [-0.2, 0) is 14.3 Å². The zero-order chi connectivity index (χ0) is 17.9. The lowest BCUT2D eigenvalue weighted by Crippen LogP contribution is -2.18. The maximum absolute atomic E-state index is 11.7. The summed E-state index contributed by atoms with van der Waals surface area (Å²) in [5.74, 6) is 0.494. The average Bonchev–Trinajstić information content (AvgIpc) is 2.62. The van der Waals surface area contributed by atoms with Gasteiger partial charge in [0.2, 0.25) is 0 Å². The Bertz CT molecular complexity index is 664. The van der Waals surface area contributed by atoms with Gasteiger partial charge < -0.3 is 10.1 Å². The van der Waals surface area contributed by atoms with Gasteiger partial charge in [0.15, 0.2) is 0 Å². The summed E-state index contributed by atoms with van der Waals surface area (Å²) in [5, 5.41) is 2.60. The Morgan fingerprint density at radius 1 is 1.38 bits per heavy atom. The Balaban J connectivity index is 3.10. The lowest BCUT2D eigenvalue weighted by Gasteiger charge is -2.16. The van der Waals surface area contributed by atoms with Gasteiger partial charge in [0.1, 0.15) is 18.7 Å². The summed E-state index contributed by atoms with van der Waals surface area (Å²) in [4.78, 5) is 23.2. The molecule has 128 valence electrons. The summed E-state index contributed by atoms with van der Waals surface area (Å²) in [6.07, 6.45) is 15.8. The molecule has 4 nitrogen and oxygen atoms in total. The molecule has 1 rings (SSSR count). The molecule has 0 fully saturated rings. The predicted molar refractivity (Wildman–Crippen MR) is 101 cm³/mol. The van der Waals surface area contributed by atoms with Crippen molar-refractivity contribution in [2.75, 3.05) is 19.9 Å². The normalized spacial score (nSPS) is 16.4. The first-order valence-corrected chi connectivity index (χ1v) is 8.76. The van der Waals surface area contributed by atoms with Crippen LogP contribution in [0.25, 0.3) is 0 Å². The smallest absolute Gasteiger partial charge is 0.257 e. The number of carbonyl (C=O) groups is 2. The highest BCUT2D eigenvalue weighted by Gasteiger charge is 2.12. The van der Waals surface area contributed by atoms with Crippen molar-refractivity contribution in [3.05, 3.63) is 69.9 Å². The molecular formula is C19H23NO3S. The Hall–Kier alpha value is -2.27. The van der Waals surface area contributed by atoms with Crippen LogP contribution >= 0.6 is 11.8 Å². The molecule has 0 saturated heterocycles. The minimum atomic E-state index is -0.139. The highest BCUT2D eigenvalue weighted by atomic mass is 32.2. The molecule has 24 heavy (non-hydrogen) atoms. The zero-order valence-corrected chi connectivity index (χ0v) is 15.3. The number of hydrogen-bond donors (Lipinski definition) is 1. The SMILES string of the molecule is C\C=C/C=C(\C=C(/C)C=O)C1=CC=C(/C=C(\SC)C(=O)NC)OC1. The molecule has 1 N–H and O–H groups in total. The number of carbonyl (C=O) groups excluding carboxylic acids is 2. The number of allylic oxidation sites excluding steroid dienone is 8. The molecule has 0 spiro atoms. The minimum absolute atomic E-state index is 0.139. The van der Waals surface area contributed by atoms with Crippen LogP contribution in [0.2, 0.25) is 0 Å². The van der Waals surface area contributed by atoms with E-state index >= 15 is 0 Å². The van der Waals surface area contributed by atoms with E-state index in [0.29, 0.717) is 22.8 Å². The third kappa shape index (κ3) is 6.08. The topological polar surface area (TPSA) is 55.4 Å². The summed E-state index contributed by atoms with van der Waals surface area (Å²) in [7, 11) is 1.60.